The maximum absolute atomic E-state index is 12.7. The molecule has 0 radical (unpaired) electrons. The quantitative estimate of drug-likeness (QED) is 0.106. The van der Waals surface area contributed by atoms with E-state index >= 15 is 0 Å². The molecule has 2 fully saturated rings. The van der Waals surface area contributed by atoms with Gasteiger partial charge in [0.1, 0.15) is 43.4 Å². The number of aliphatic hydroxyl groups excluding tert-OH is 4. The normalized spacial score (nSPS) is 32.3. The molecule has 0 saturated carbocycles. The Bertz CT molecular complexity index is 1170. The average Bonchev–Trinajstić information content (AvgIpc) is 3.21. The van der Waals surface area contributed by atoms with Gasteiger partial charge < -0.3 is 58.7 Å². The van der Waals surface area contributed by atoms with E-state index in [-0.39, 0.29) is 5.75 Å². The number of phenols is 1. The summed E-state index contributed by atoms with van der Waals surface area (Å²) >= 11 is 0. The van der Waals surface area contributed by atoms with E-state index in [1.54, 1.807) is 0 Å². The van der Waals surface area contributed by atoms with Crippen molar-refractivity contribution in [3.63, 3.8) is 0 Å². The van der Waals surface area contributed by atoms with Crippen LogP contribution in [0, 0.1) is 0 Å². The summed E-state index contributed by atoms with van der Waals surface area (Å²) in [5.41, 5.74) is 0.504. The number of rotatable bonds is 11. The van der Waals surface area contributed by atoms with E-state index in [1.807, 2.05) is 0 Å². The minimum absolute atomic E-state index is 0.00132. The van der Waals surface area contributed by atoms with Crippen LogP contribution in [-0.4, -0.2) is 124 Å². The van der Waals surface area contributed by atoms with Crippen LogP contribution in [0.3, 0.4) is 0 Å². The summed E-state index contributed by atoms with van der Waals surface area (Å²) in [6.07, 6.45) is -11.1. The molecule has 9 atom stereocenters. The van der Waals surface area contributed by atoms with Crippen LogP contribution < -0.4 is 0 Å². The highest BCUT2D eigenvalue weighted by Gasteiger charge is 2.62. The molecule has 0 aromatic heterocycles. The summed E-state index contributed by atoms with van der Waals surface area (Å²) in [4.78, 5) is 48.0. The van der Waals surface area contributed by atoms with E-state index in [1.165, 1.54) is 30.3 Å². The zero-order chi connectivity index (χ0) is 31.9. The molecule has 5 N–H and O–H groups in total. The van der Waals surface area contributed by atoms with Gasteiger partial charge in [0.2, 0.25) is 12.1 Å². The molecule has 2 heterocycles. The van der Waals surface area contributed by atoms with Crippen molar-refractivity contribution >= 4 is 30.0 Å². The van der Waals surface area contributed by atoms with Gasteiger partial charge in [0, 0.05) is 26.8 Å². The topological polar surface area (TPSA) is 234 Å². The Morgan fingerprint density at radius 1 is 0.884 bits per heavy atom. The Labute approximate surface area is 245 Å². The minimum Gasteiger partial charge on any atom is -0.508 e. The molecular formula is C27H34O16. The van der Waals surface area contributed by atoms with E-state index in [0.717, 1.165) is 26.8 Å². The number of carbonyl (C=O) groups is 4. The fourth-order valence-electron chi connectivity index (χ4n) is 4.49. The SMILES string of the molecule is CC(=O)OCC1OC(OC2(CO)OC(CO)C(O)C2OC(=O)C=Cc2ccc(O)cc2)C(OC(C)=O)C(OC(C)=O)C1O. The van der Waals surface area contributed by atoms with Crippen molar-refractivity contribution in [2.45, 2.75) is 75.6 Å². The largest absolute Gasteiger partial charge is 0.508 e. The Morgan fingerprint density at radius 3 is 2.07 bits per heavy atom. The summed E-state index contributed by atoms with van der Waals surface area (Å²) in [6, 6.07) is 5.78. The van der Waals surface area contributed by atoms with E-state index < -0.39 is 98.5 Å². The van der Waals surface area contributed by atoms with Crippen molar-refractivity contribution in [2.24, 2.45) is 0 Å². The molecule has 0 amide bonds. The summed E-state index contributed by atoms with van der Waals surface area (Å²) in [6.45, 7) is 0.601. The first-order valence-electron chi connectivity index (χ1n) is 13.0. The van der Waals surface area contributed by atoms with Crippen LogP contribution in [-0.2, 0) is 52.3 Å². The molecule has 9 unspecified atom stereocenters. The molecule has 1 aromatic carbocycles. The predicted octanol–water partition coefficient (Wildman–Crippen LogP) is -1.71. The molecule has 2 aliphatic heterocycles. The van der Waals surface area contributed by atoms with Crippen LogP contribution in [0.25, 0.3) is 6.08 Å². The average molecular weight is 615 g/mol. The zero-order valence-electron chi connectivity index (χ0n) is 23.4. The second-order valence-corrected chi connectivity index (χ2v) is 9.68. The van der Waals surface area contributed by atoms with Gasteiger partial charge in [0.15, 0.2) is 18.3 Å². The summed E-state index contributed by atoms with van der Waals surface area (Å²) < 4.78 is 37.9. The van der Waals surface area contributed by atoms with E-state index in [9.17, 15) is 44.7 Å². The lowest BCUT2D eigenvalue weighted by atomic mass is 9.98. The molecular weight excluding hydrogens is 580 g/mol. The number of hydrogen-bond acceptors (Lipinski definition) is 16. The number of hydrogen-bond donors (Lipinski definition) is 5. The van der Waals surface area contributed by atoms with E-state index in [0.29, 0.717) is 5.56 Å². The van der Waals surface area contributed by atoms with Crippen molar-refractivity contribution < 1.29 is 77.9 Å². The van der Waals surface area contributed by atoms with Gasteiger partial charge >= 0.3 is 23.9 Å². The smallest absolute Gasteiger partial charge is 0.331 e. The summed E-state index contributed by atoms with van der Waals surface area (Å²) in [5, 5.41) is 51.3. The van der Waals surface area contributed by atoms with Crippen LogP contribution in [0.5, 0.6) is 5.75 Å². The molecule has 16 nitrogen and oxygen atoms in total. The van der Waals surface area contributed by atoms with Gasteiger partial charge in [-0.05, 0) is 23.8 Å². The number of ether oxygens (including phenoxy) is 7. The molecule has 2 saturated heterocycles. The standard InChI is InChI=1S/C27H34O16/c1-13(30)37-11-19-21(35)23(38-14(2)31)24(39-15(3)32)26(40-19)43-27(12-29)25(22(36)18(10-28)42-27)41-20(34)9-6-16-4-7-17(33)8-5-16/h4-9,18-19,21-26,28-29,33,35-36H,10-12H2,1-3H3. The fraction of sp³-hybridized carbons (Fsp3) is 0.556. The Hall–Kier alpha value is -3.64. The third-order valence-corrected chi connectivity index (χ3v) is 6.41. The number of aliphatic hydroxyl groups is 4. The molecule has 0 bridgehead atoms. The van der Waals surface area contributed by atoms with E-state index in [4.69, 9.17) is 33.2 Å². The van der Waals surface area contributed by atoms with Gasteiger partial charge in [-0.2, -0.15) is 0 Å². The molecule has 2 aliphatic rings. The van der Waals surface area contributed by atoms with Crippen molar-refractivity contribution in [1.29, 1.82) is 0 Å². The van der Waals surface area contributed by atoms with Crippen molar-refractivity contribution in [3.05, 3.63) is 35.9 Å². The Balaban J connectivity index is 1.95. The van der Waals surface area contributed by atoms with Crippen molar-refractivity contribution in [2.75, 3.05) is 19.8 Å². The third kappa shape index (κ3) is 8.47. The zero-order valence-corrected chi connectivity index (χ0v) is 23.4. The molecule has 1 aromatic rings. The van der Waals surface area contributed by atoms with Gasteiger partial charge in [-0.15, -0.1) is 0 Å². The first-order chi connectivity index (χ1) is 20.3. The number of benzene rings is 1. The van der Waals surface area contributed by atoms with Gasteiger partial charge in [0.05, 0.1) is 6.61 Å². The first-order valence-corrected chi connectivity index (χ1v) is 13.0. The van der Waals surface area contributed by atoms with Crippen LogP contribution in [0.2, 0.25) is 0 Å². The summed E-state index contributed by atoms with van der Waals surface area (Å²) in [7, 11) is 0. The number of esters is 4. The van der Waals surface area contributed by atoms with E-state index in [2.05, 4.69) is 0 Å². The highest BCUT2D eigenvalue weighted by atomic mass is 16.8. The summed E-state index contributed by atoms with van der Waals surface area (Å²) in [5.74, 6) is -6.07. The third-order valence-electron chi connectivity index (χ3n) is 6.41. The van der Waals surface area contributed by atoms with Gasteiger partial charge in [-0.3, -0.25) is 14.4 Å². The Morgan fingerprint density at radius 2 is 1.51 bits per heavy atom. The molecule has 43 heavy (non-hydrogen) atoms. The number of phenolic OH excluding ortho intramolecular Hbond substituents is 1. The second-order valence-electron chi connectivity index (χ2n) is 9.68. The highest BCUT2D eigenvalue weighted by Crippen LogP contribution is 2.39. The molecule has 238 valence electrons. The lowest BCUT2D eigenvalue weighted by Gasteiger charge is -2.45. The predicted molar refractivity (Wildman–Crippen MR) is 138 cm³/mol. The van der Waals surface area contributed by atoms with Gasteiger partial charge in [0.25, 0.3) is 0 Å². The van der Waals surface area contributed by atoms with Crippen LogP contribution in [0.15, 0.2) is 30.3 Å². The fourth-order valence-corrected chi connectivity index (χ4v) is 4.49. The molecule has 3 rings (SSSR count). The number of aromatic hydroxyl groups is 1. The maximum Gasteiger partial charge on any atom is 0.331 e. The maximum atomic E-state index is 12.7. The van der Waals surface area contributed by atoms with Crippen molar-refractivity contribution in [3.8, 4) is 5.75 Å². The monoisotopic (exact) mass is 614 g/mol. The number of carbonyl (C=O) groups excluding carboxylic acids is 4. The van der Waals surface area contributed by atoms with Crippen LogP contribution >= 0.6 is 0 Å². The molecule has 0 aliphatic carbocycles. The lowest BCUT2D eigenvalue weighted by molar-refractivity contribution is -0.384. The molecule has 16 heteroatoms. The molecule has 0 spiro atoms. The van der Waals surface area contributed by atoms with Gasteiger partial charge in [-0.25, -0.2) is 4.79 Å². The van der Waals surface area contributed by atoms with Crippen LogP contribution in [0.1, 0.15) is 26.3 Å². The lowest BCUT2D eigenvalue weighted by Crippen LogP contribution is -2.64. The Kier molecular flexibility index (Phi) is 11.6. The van der Waals surface area contributed by atoms with Crippen molar-refractivity contribution in [1.82, 2.24) is 0 Å². The second kappa shape index (κ2) is 14.7. The highest BCUT2D eigenvalue weighted by molar-refractivity contribution is 5.87. The first kappa shape index (κ1) is 33.9. The minimum atomic E-state index is -2.47. The van der Waals surface area contributed by atoms with Crippen LogP contribution in [0.4, 0.5) is 0 Å². The van der Waals surface area contributed by atoms with Gasteiger partial charge in [-0.1, -0.05) is 12.1 Å².